The topological polar surface area (TPSA) is 63.2 Å². The van der Waals surface area contributed by atoms with Crippen LogP contribution >= 0.6 is 11.6 Å². The van der Waals surface area contributed by atoms with Crippen molar-refractivity contribution < 1.29 is 13.2 Å². The maximum absolute atomic E-state index is 12.3. The molecule has 0 fully saturated rings. The number of rotatable bonds is 3. The van der Waals surface area contributed by atoms with E-state index in [0.29, 0.717) is 10.7 Å². The Bertz CT molecular complexity index is 722. The van der Waals surface area contributed by atoms with Crippen LogP contribution < -0.4 is 5.32 Å². The highest BCUT2D eigenvalue weighted by Crippen LogP contribution is 2.23. The van der Waals surface area contributed by atoms with Crippen LogP contribution in [0.15, 0.2) is 58.3 Å². The van der Waals surface area contributed by atoms with Crippen LogP contribution in [0.4, 0.5) is 5.69 Å². The van der Waals surface area contributed by atoms with Crippen molar-refractivity contribution in [1.82, 2.24) is 0 Å². The number of amides is 1. The van der Waals surface area contributed by atoms with Gasteiger partial charge >= 0.3 is 0 Å². The second kappa shape index (κ2) is 5.64. The van der Waals surface area contributed by atoms with Crippen molar-refractivity contribution in [3.63, 3.8) is 0 Å². The summed E-state index contributed by atoms with van der Waals surface area (Å²) in [7, 11) is -3.57. The maximum atomic E-state index is 12.3. The molecule has 0 atom stereocenters. The van der Waals surface area contributed by atoms with E-state index in [9.17, 15) is 13.2 Å². The molecule has 0 heterocycles. The molecule has 1 amide bonds. The Morgan fingerprint density at radius 3 is 1.85 bits per heavy atom. The molecule has 2 aromatic rings. The third-order valence-electron chi connectivity index (χ3n) is 2.61. The van der Waals surface area contributed by atoms with Crippen LogP contribution in [0.2, 0.25) is 5.02 Å². The fourth-order valence-corrected chi connectivity index (χ4v) is 3.06. The first-order valence-corrected chi connectivity index (χ1v) is 7.64. The van der Waals surface area contributed by atoms with Crippen LogP contribution in [0.25, 0.3) is 0 Å². The zero-order chi connectivity index (χ0) is 14.8. The fraction of sp³-hybridized carbons (Fsp3) is 0.0714. The highest BCUT2D eigenvalue weighted by atomic mass is 35.5. The number of sulfone groups is 1. The summed E-state index contributed by atoms with van der Waals surface area (Å²) in [5.74, 6) is -0.210. The molecule has 20 heavy (non-hydrogen) atoms. The van der Waals surface area contributed by atoms with Gasteiger partial charge in [-0.05, 0) is 48.5 Å². The quantitative estimate of drug-likeness (QED) is 0.947. The van der Waals surface area contributed by atoms with Gasteiger partial charge in [-0.1, -0.05) is 11.6 Å². The first kappa shape index (κ1) is 14.6. The van der Waals surface area contributed by atoms with Crippen molar-refractivity contribution in [1.29, 1.82) is 0 Å². The zero-order valence-electron chi connectivity index (χ0n) is 10.6. The van der Waals surface area contributed by atoms with Crippen molar-refractivity contribution in [3.05, 3.63) is 53.6 Å². The Kier molecular flexibility index (Phi) is 4.11. The molecule has 0 unspecified atom stereocenters. The Morgan fingerprint density at radius 1 is 0.950 bits per heavy atom. The van der Waals surface area contributed by atoms with Crippen molar-refractivity contribution in [3.8, 4) is 0 Å². The number of carbonyl (C=O) groups excluding carboxylic acids is 1. The summed E-state index contributed by atoms with van der Waals surface area (Å²) in [6, 6.07) is 12.0. The minimum absolute atomic E-state index is 0.161. The van der Waals surface area contributed by atoms with Gasteiger partial charge in [0.15, 0.2) is 0 Å². The molecule has 0 radical (unpaired) electrons. The average molecular weight is 310 g/mol. The van der Waals surface area contributed by atoms with Gasteiger partial charge < -0.3 is 5.32 Å². The normalized spacial score (nSPS) is 11.1. The molecular weight excluding hydrogens is 298 g/mol. The first-order valence-electron chi connectivity index (χ1n) is 5.78. The second-order valence-electron chi connectivity index (χ2n) is 4.16. The number of hydrogen-bond acceptors (Lipinski definition) is 3. The van der Waals surface area contributed by atoms with Gasteiger partial charge in [-0.2, -0.15) is 0 Å². The largest absolute Gasteiger partial charge is 0.326 e. The van der Waals surface area contributed by atoms with E-state index in [1.807, 2.05) is 0 Å². The zero-order valence-corrected chi connectivity index (χ0v) is 12.2. The molecule has 6 heteroatoms. The summed E-state index contributed by atoms with van der Waals surface area (Å²) in [5, 5.41) is 3.06. The van der Waals surface area contributed by atoms with Crippen LogP contribution in [-0.2, 0) is 14.6 Å². The average Bonchev–Trinajstić information content (AvgIpc) is 2.39. The molecule has 4 nitrogen and oxygen atoms in total. The summed E-state index contributed by atoms with van der Waals surface area (Å²) in [4.78, 5) is 11.2. The lowest BCUT2D eigenvalue weighted by molar-refractivity contribution is -0.114. The van der Waals surface area contributed by atoms with E-state index in [0.717, 1.165) is 0 Å². The van der Waals surface area contributed by atoms with E-state index in [1.54, 1.807) is 12.1 Å². The number of hydrogen-bond donors (Lipinski definition) is 1. The van der Waals surface area contributed by atoms with E-state index < -0.39 is 9.84 Å². The predicted octanol–water partition coefficient (Wildman–Crippen LogP) is 3.13. The van der Waals surface area contributed by atoms with Gasteiger partial charge in [0.25, 0.3) is 0 Å². The number of nitrogens with one attached hydrogen (secondary N) is 1. The minimum Gasteiger partial charge on any atom is -0.326 e. The fourth-order valence-electron chi connectivity index (χ4n) is 1.67. The minimum atomic E-state index is -3.57. The first-order chi connectivity index (χ1) is 9.39. The van der Waals surface area contributed by atoms with Crippen molar-refractivity contribution in [2.45, 2.75) is 16.7 Å². The third-order valence-corrected chi connectivity index (χ3v) is 4.65. The number of halogens is 1. The molecule has 0 aliphatic heterocycles. The lowest BCUT2D eigenvalue weighted by Gasteiger charge is -2.06. The SMILES string of the molecule is CC(=O)Nc1ccc(S(=O)(=O)c2ccc(Cl)cc2)cc1. The summed E-state index contributed by atoms with van der Waals surface area (Å²) >= 11 is 5.74. The van der Waals surface area contributed by atoms with Crippen LogP contribution in [0.1, 0.15) is 6.92 Å². The summed E-state index contributed by atoms with van der Waals surface area (Å²) < 4.78 is 24.7. The molecule has 0 aromatic heterocycles. The molecule has 0 aliphatic carbocycles. The maximum Gasteiger partial charge on any atom is 0.221 e. The molecule has 0 saturated carbocycles. The summed E-state index contributed by atoms with van der Waals surface area (Å²) in [6.07, 6.45) is 0. The Labute approximate surface area is 122 Å². The Morgan fingerprint density at radius 2 is 1.40 bits per heavy atom. The van der Waals surface area contributed by atoms with Gasteiger partial charge in [-0.25, -0.2) is 8.42 Å². The number of anilines is 1. The van der Waals surface area contributed by atoms with Gasteiger partial charge in [0.1, 0.15) is 0 Å². The highest BCUT2D eigenvalue weighted by molar-refractivity contribution is 7.91. The highest BCUT2D eigenvalue weighted by Gasteiger charge is 2.17. The van der Waals surface area contributed by atoms with E-state index in [2.05, 4.69) is 5.32 Å². The standard InChI is InChI=1S/C14H12ClNO3S/c1-10(17)16-12-4-8-14(9-5-12)20(18,19)13-6-2-11(15)3-7-13/h2-9H,1H3,(H,16,17). The molecule has 0 aliphatic rings. The summed E-state index contributed by atoms with van der Waals surface area (Å²) in [6.45, 7) is 1.39. The molecular formula is C14H12ClNO3S. The molecule has 0 bridgehead atoms. The lowest BCUT2D eigenvalue weighted by Crippen LogP contribution is -2.06. The summed E-state index contributed by atoms with van der Waals surface area (Å²) in [5.41, 5.74) is 0.549. The van der Waals surface area contributed by atoms with E-state index in [4.69, 9.17) is 11.6 Å². The van der Waals surface area contributed by atoms with E-state index in [-0.39, 0.29) is 15.7 Å². The monoisotopic (exact) mass is 309 g/mol. The van der Waals surface area contributed by atoms with E-state index >= 15 is 0 Å². The van der Waals surface area contributed by atoms with Gasteiger partial charge in [0.2, 0.25) is 15.7 Å². The van der Waals surface area contributed by atoms with Crippen LogP contribution in [-0.4, -0.2) is 14.3 Å². The van der Waals surface area contributed by atoms with E-state index in [1.165, 1.54) is 43.3 Å². The Balaban J connectivity index is 2.34. The molecule has 104 valence electrons. The number of benzene rings is 2. The van der Waals surface area contributed by atoms with Gasteiger partial charge in [-0.3, -0.25) is 4.79 Å². The molecule has 0 spiro atoms. The van der Waals surface area contributed by atoms with Gasteiger partial charge in [0.05, 0.1) is 9.79 Å². The van der Waals surface area contributed by atoms with Gasteiger partial charge in [0, 0.05) is 17.6 Å². The molecule has 2 aromatic carbocycles. The van der Waals surface area contributed by atoms with Crippen molar-refractivity contribution in [2.24, 2.45) is 0 Å². The van der Waals surface area contributed by atoms with Crippen molar-refractivity contribution >= 4 is 33.0 Å². The van der Waals surface area contributed by atoms with Gasteiger partial charge in [-0.15, -0.1) is 0 Å². The molecule has 2 rings (SSSR count). The van der Waals surface area contributed by atoms with Crippen molar-refractivity contribution in [2.75, 3.05) is 5.32 Å². The van der Waals surface area contributed by atoms with Crippen LogP contribution in [0.3, 0.4) is 0 Å². The molecule has 0 saturated heterocycles. The number of carbonyl (C=O) groups is 1. The third kappa shape index (κ3) is 3.18. The Hall–Kier alpha value is -1.85. The molecule has 1 N–H and O–H groups in total. The predicted molar refractivity (Wildman–Crippen MR) is 77.6 cm³/mol. The van der Waals surface area contributed by atoms with Crippen LogP contribution in [0.5, 0.6) is 0 Å². The smallest absolute Gasteiger partial charge is 0.221 e. The second-order valence-corrected chi connectivity index (χ2v) is 6.55. The lowest BCUT2D eigenvalue weighted by atomic mass is 10.3. The van der Waals surface area contributed by atoms with Crippen LogP contribution in [0, 0.1) is 0 Å².